The molecule has 2 aromatic heterocycles. The molecule has 7 nitrogen and oxygen atoms in total. The number of hydrogen-bond donors (Lipinski definition) is 0. The molecule has 0 radical (unpaired) electrons. The van der Waals surface area contributed by atoms with E-state index in [1.54, 1.807) is 18.7 Å². The van der Waals surface area contributed by atoms with Crippen LogP contribution < -0.4 is 16.0 Å². The molecule has 0 N–H and O–H groups in total. The number of benzene rings is 2. The number of methoxy groups -OCH3 is 1. The molecule has 7 heteroatoms. The summed E-state index contributed by atoms with van der Waals surface area (Å²) >= 11 is 0. The van der Waals surface area contributed by atoms with Gasteiger partial charge in [0, 0.05) is 20.6 Å². The number of aryl methyl sites for hydroxylation is 2. The molecule has 32 heavy (non-hydrogen) atoms. The van der Waals surface area contributed by atoms with Crippen LogP contribution in [0.2, 0.25) is 0 Å². The third-order valence-corrected chi connectivity index (χ3v) is 6.30. The summed E-state index contributed by atoms with van der Waals surface area (Å²) in [6.45, 7) is 3.13. The Labute approximate surface area is 185 Å². The molecular weight excluding hydrogens is 406 g/mol. The smallest absolute Gasteiger partial charge is 0.331 e. The zero-order valence-electron chi connectivity index (χ0n) is 18.6. The fourth-order valence-corrected chi connectivity index (χ4v) is 4.62. The van der Waals surface area contributed by atoms with E-state index >= 15 is 0 Å². The van der Waals surface area contributed by atoms with Crippen LogP contribution in [0.15, 0.2) is 58.1 Å². The lowest BCUT2D eigenvalue weighted by molar-refractivity contribution is 0.0478. The summed E-state index contributed by atoms with van der Waals surface area (Å²) in [5, 5.41) is 0.525. The monoisotopic (exact) mass is 431 g/mol. The zero-order chi connectivity index (χ0) is 22.6. The van der Waals surface area contributed by atoms with E-state index < -0.39 is 0 Å². The quantitative estimate of drug-likeness (QED) is 0.500. The molecule has 1 aliphatic rings. The standard InChI is InChI=1S/C25H25N3O4/c1-15-5-7-17(8-6-15)23-22-21-19(24(29)27(3)25(30)26(21)2)20(28(22)13-14-32-23)16-9-11-18(31-4)12-10-16/h5-12,23H,13-14H2,1-4H3/t23-/m1/s1. The maximum atomic E-state index is 13.4. The van der Waals surface area contributed by atoms with Crippen LogP contribution >= 0.6 is 0 Å². The fraction of sp³-hybridized carbons (Fsp3) is 0.280. The molecule has 0 saturated heterocycles. The Morgan fingerprint density at radius 3 is 2.31 bits per heavy atom. The van der Waals surface area contributed by atoms with Crippen molar-refractivity contribution < 1.29 is 9.47 Å². The van der Waals surface area contributed by atoms with Gasteiger partial charge in [-0.3, -0.25) is 13.9 Å². The highest BCUT2D eigenvalue weighted by atomic mass is 16.5. The van der Waals surface area contributed by atoms with Gasteiger partial charge in [0.1, 0.15) is 11.9 Å². The van der Waals surface area contributed by atoms with Crippen LogP contribution in [-0.2, 0) is 25.4 Å². The summed E-state index contributed by atoms with van der Waals surface area (Å²) in [4.78, 5) is 26.3. The minimum absolute atomic E-state index is 0.307. The van der Waals surface area contributed by atoms with Crippen molar-refractivity contribution in [2.24, 2.45) is 14.1 Å². The van der Waals surface area contributed by atoms with E-state index in [9.17, 15) is 9.59 Å². The number of rotatable bonds is 3. The zero-order valence-corrected chi connectivity index (χ0v) is 18.6. The summed E-state index contributed by atoms with van der Waals surface area (Å²) < 4.78 is 16.4. The summed E-state index contributed by atoms with van der Waals surface area (Å²) in [7, 11) is 4.86. The minimum atomic E-state index is -0.378. The molecule has 1 aliphatic heterocycles. The van der Waals surface area contributed by atoms with Gasteiger partial charge in [-0.05, 0) is 42.3 Å². The van der Waals surface area contributed by atoms with Crippen molar-refractivity contribution in [1.82, 2.24) is 13.7 Å². The van der Waals surface area contributed by atoms with Gasteiger partial charge in [-0.25, -0.2) is 4.79 Å². The van der Waals surface area contributed by atoms with E-state index in [0.29, 0.717) is 24.1 Å². The van der Waals surface area contributed by atoms with Crippen LogP contribution in [0.25, 0.3) is 22.2 Å². The lowest BCUT2D eigenvalue weighted by atomic mass is 10.0. The van der Waals surface area contributed by atoms with Crippen molar-refractivity contribution in [2.45, 2.75) is 19.6 Å². The number of ether oxygens (including phenoxy) is 2. The fourth-order valence-electron chi connectivity index (χ4n) is 4.62. The lowest BCUT2D eigenvalue weighted by Gasteiger charge is -2.27. The Hall–Kier alpha value is -3.58. The van der Waals surface area contributed by atoms with E-state index in [4.69, 9.17) is 9.47 Å². The first-order valence-corrected chi connectivity index (χ1v) is 10.6. The van der Waals surface area contributed by atoms with Gasteiger partial charge in [0.15, 0.2) is 0 Å². The van der Waals surface area contributed by atoms with E-state index in [1.807, 2.05) is 55.5 Å². The predicted octanol–water partition coefficient (Wildman–Crippen LogP) is 3.14. The maximum absolute atomic E-state index is 13.4. The van der Waals surface area contributed by atoms with E-state index in [-0.39, 0.29) is 17.4 Å². The van der Waals surface area contributed by atoms with Crippen molar-refractivity contribution in [2.75, 3.05) is 13.7 Å². The highest BCUT2D eigenvalue weighted by Crippen LogP contribution is 2.40. The normalized spacial score (nSPS) is 15.7. The Balaban J connectivity index is 1.90. The van der Waals surface area contributed by atoms with E-state index in [1.165, 1.54) is 11.6 Å². The van der Waals surface area contributed by atoms with Crippen LogP contribution in [0.4, 0.5) is 0 Å². The summed E-state index contributed by atoms with van der Waals surface area (Å²) in [6, 6.07) is 15.8. The molecule has 3 heterocycles. The van der Waals surface area contributed by atoms with Crippen molar-refractivity contribution in [1.29, 1.82) is 0 Å². The Kier molecular flexibility index (Phi) is 4.78. The molecule has 1 atom stereocenters. The SMILES string of the molecule is COc1ccc(-c2c3c(=O)n(C)c(=O)n(C)c3c3n2CCO[C@@H]3c2ccc(C)cc2)cc1. The van der Waals surface area contributed by atoms with Crippen molar-refractivity contribution in [3.63, 3.8) is 0 Å². The lowest BCUT2D eigenvalue weighted by Crippen LogP contribution is -2.37. The molecule has 5 rings (SSSR count). The highest BCUT2D eigenvalue weighted by molar-refractivity contribution is 5.96. The molecular formula is C25H25N3O4. The van der Waals surface area contributed by atoms with Crippen LogP contribution in [0.5, 0.6) is 5.75 Å². The van der Waals surface area contributed by atoms with Gasteiger partial charge >= 0.3 is 5.69 Å². The van der Waals surface area contributed by atoms with Gasteiger partial charge in [-0.15, -0.1) is 0 Å². The van der Waals surface area contributed by atoms with Gasteiger partial charge in [-0.2, -0.15) is 0 Å². The van der Waals surface area contributed by atoms with Gasteiger partial charge in [-0.1, -0.05) is 29.8 Å². The second-order valence-electron chi connectivity index (χ2n) is 8.20. The second kappa shape index (κ2) is 7.53. The first kappa shape index (κ1) is 20.3. The average Bonchev–Trinajstić information content (AvgIpc) is 3.17. The largest absolute Gasteiger partial charge is 0.497 e. The molecule has 0 saturated carbocycles. The van der Waals surface area contributed by atoms with Gasteiger partial charge in [0.25, 0.3) is 5.56 Å². The molecule has 4 aromatic rings. The molecule has 164 valence electrons. The van der Waals surface area contributed by atoms with Crippen molar-refractivity contribution in [3.8, 4) is 17.0 Å². The summed E-state index contributed by atoms with van der Waals surface area (Å²) in [5.41, 5.74) is 4.63. The number of nitrogens with zero attached hydrogens (tertiary/aromatic N) is 3. The first-order valence-electron chi connectivity index (χ1n) is 10.6. The van der Waals surface area contributed by atoms with Crippen LogP contribution in [0.3, 0.4) is 0 Å². The Morgan fingerprint density at radius 1 is 0.969 bits per heavy atom. The third kappa shape index (κ3) is 2.92. The topological polar surface area (TPSA) is 67.4 Å². The second-order valence-corrected chi connectivity index (χ2v) is 8.20. The molecule has 0 unspecified atom stereocenters. The maximum Gasteiger partial charge on any atom is 0.331 e. The number of fused-ring (bicyclic) bond motifs is 3. The van der Waals surface area contributed by atoms with E-state index in [2.05, 4.69) is 4.57 Å². The highest BCUT2D eigenvalue weighted by Gasteiger charge is 2.33. The molecule has 0 fully saturated rings. The first-order chi connectivity index (χ1) is 15.4. The number of aromatic nitrogens is 3. The minimum Gasteiger partial charge on any atom is -0.497 e. The van der Waals surface area contributed by atoms with Crippen molar-refractivity contribution >= 4 is 10.9 Å². The summed E-state index contributed by atoms with van der Waals surface area (Å²) in [5.74, 6) is 0.740. The summed E-state index contributed by atoms with van der Waals surface area (Å²) in [6.07, 6.45) is -0.378. The molecule has 2 aromatic carbocycles. The van der Waals surface area contributed by atoms with Gasteiger partial charge in [0.2, 0.25) is 0 Å². The average molecular weight is 431 g/mol. The third-order valence-electron chi connectivity index (χ3n) is 6.30. The predicted molar refractivity (Wildman–Crippen MR) is 123 cm³/mol. The van der Waals surface area contributed by atoms with Gasteiger partial charge < -0.3 is 14.0 Å². The molecule has 0 bridgehead atoms. The van der Waals surface area contributed by atoms with Gasteiger partial charge in [0.05, 0.1) is 36.0 Å². The van der Waals surface area contributed by atoms with Crippen molar-refractivity contribution in [3.05, 3.63) is 86.2 Å². The van der Waals surface area contributed by atoms with E-state index in [0.717, 1.165) is 33.8 Å². The van der Waals surface area contributed by atoms with Crippen LogP contribution in [0.1, 0.15) is 22.9 Å². The number of hydrogen-bond acceptors (Lipinski definition) is 4. The van der Waals surface area contributed by atoms with Crippen LogP contribution in [-0.4, -0.2) is 27.4 Å². The Morgan fingerprint density at radius 2 is 1.66 bits per heavy atom. The molecule has 0 amide bonds. The molecule has 0 spiro atoms. The van der Waals surface area contributed by atoms with Crippen LogP contribution in [0, 0.1) is 6.92 Å². The molecule has 0 aliphatic carbocycles. The Bertz CT molecular complexity index is 1440.